The molecular weight excluding hydrogens is 336 g/mol. The van der Waals surface area contributed by atoms with Gasteiger partial charge < -0.3 is 19.1 Å². The van der Waals surface area contributed by atoms with Gasteiger partial charge in [0.2, 0.25) is 11.8 Å². The van der Waals surface area contributed by atoms with E-state index in [9.17, 15) is 9.59 Å². The lowest BCUT2D eigenvalue weighted by Gasteiger charge is -2.32. The number of benzene rings is 1. The first-order chi connectivity index (χ1) is 12.5. The molecule has 0 aliphatic carbocycles. The highest BCUT2D eigenvalue weighted by Crippen LogP contribution is 2.55. The highest BCUT2D eigenvalue weighted by Gasteiger charge is 2.71. The van der Waals surface area contributed by atoms with Gasteiger partial charge in [-0.3, -0.25) is 9.59 Å². The molecule has 0 saturated carbocycles. The fourth-order valence-corrected chi connectivity index (χ4v) is 4.48. The first-order valence-electron chi connectivity index (χ1n) is 8.78. The molecule has 5 rings (SSSR count). The van der Waals surface area contributed by atoms with E-state index in [1.807, 2.05) is 43.3 Å². The summed E-state index contributed by atoms with van der Waals surface area (Å²) >= 11 is 0. The van der Waals surface area contributed by atoms with Gasteiger partial charge in [0.1, 0.15) is 0 Å². The molecule has 0 spiro atoms. The number of fused-ring (bicyclic) bond motifs is 5. The second-order valence-corrected chi connectivity index (χ2v) is 7.29. The molecule has 26 heavy (non-hydrogen) atoms. The fraction of sp³-hybridized carbons (Fsp3) is 0.474. The van der Waals surface area contributed by atoms with Gasteiger partial charge in [-0.05, 0) is 30.3 Å². The molecular formula is C19H20N2O5. The zero-order chi connectivity index (χ0) is 18.1. The molecule has 2 amide bonds. The van der Waals surface area contributed by atoms with Crippen LogP contribution in [-0.2, 0) is 23.8 Å². The minimum Gasteiger partial charge on any atom is -0.378 e. The van der Waals surface area contributed by atoms with Crippen molar-refractivity contribution in [2.45, 2.75) is 18.0 Å². The molecule has 0 aromatic heterocycles. The summed E-state index contributed by atoms with van der Waals surface area (Å²) in [6, 6.07) is 7.40. The Bertz CT molecular complexity index is 799. The molecule has 4 atom stereocenters. The van der Waals surface area contributed by atoms with E-state index >= 15 is 0 Å². The number of imide groups is 1. The van der Waals surface area contributed by atoms with Gasteiger partial charge in [-0.25, -0.2) is 4.90 Å². The van der Waals surface area contributed by atoms with Crippen molar-refractivity contribution in [1.29, 1.82) is 0 Å². The van der Waals surface area contributed by atoms with Gasteiger partial charge >= 0.3 is 0 Å². The molecule has 0 N–H and O–H groups in total. The van der Waals surface area contributed by atoms with Gasteiger partial charge in [-0.15, -0.1) is 0 Å². The number of amides is 2. The Hall–Kier alpha value is -2.22. The Morgan fingerprint density at radius 2 is 1.77 bits per heavy atom. The van der Waals surface area contributed by atoms with Gasteiger partial charge in [-0.1, -0.05) is 6.08 Å². The maximum absolute atomic E-state index is 13.2. The van der Waals surface area contributed by atoms with Crippen molar-refractivity contribution in [2.24, 2.45) is 11.8 Å². The number of rotatable bonds is 3. The molecule has 4 heterocycles. The van der Waals surface area contributed by atoms with Gasteiger partial charge in [-0.2, -0.15) is 0 Å². The van der Waals surface area contributed by atoms with Crippen molar-refractivity contribution >= 4 is 23.2 Å². The van der Waals surface area contributed by atoms with Gasteiger partial charge in [0.25, 0.3) is 0 Å². The average Bonchev–Trinajstić information content (AvgIpc) is 3.38. The summed E-state index contributed by atoms with van der Waals surface area (Å²) in [5, 5.41) is 0. The molecule has 3 saturated heterocycles. The molecule has 0 radical (unpaired) electrons. The molecule has 2 bridgehead atoms. The third-order valence-electron chi connectivity index (χ3n) is 5.69. The summed E-state index contributed by atoms with van der Waals surface area (Å²) in [6.45, 7) is 0.924. The molecule has 3 fully saturated rings. The van der Waals surface area contributed by atoms with Crippen molar-refractivity contribution in [3.05, 3.63) is 36.4 Å². The second-order valence-electron chi connectivity index (χ2n) is 7.29. The van der Waals surface area contributed by atoms with E-state index in [1.54, 1.807) is 12.1 Å². The SMILES string of the molecule is CN(C)c1ccc(N2C(=O)[C@@H]3[C@@H](C2=O)[C@@]2(C4OCCO4)C=C[C@H]3O2)cc1. The van der Waals surface area contributed by atoms with Crippen molar-refractivity contribution < 1.29 is 23.8 Å². The van der Waals surface area contributed by atoms with Crippen LogP contribution in [0.15, 0.2) is 36.4 Å². The lowest BCUT2D eigenvalue weighted by molar-refractivity contribution is -0.180. The lowest BCUT2D eigenvalue weighted by atomic mass is 9.76. The Labute approximate surface area is 151 Å². The van der Waals surface area contributed by atoms with E-state index in [4.69, 9.17) is 14.2 Å². The van der Waals surface area contributed by atoms with Crippen LogP contribution >= 0.6 is 0 Å². The normalized spacial score (nSPS) is 35.6. The Morgan fingerprint density at radius 3 is 2.42 bits per heavy atom. The van der Waals surface area contributed by atoms with Gasteiger partial charge in [0.05, 0.1) is 36.8 Å². The van der Waals surface area contributed by atoms with Crippen LogP contribution in [-0.4, -0.2) is 57.1 Å². The maximum Gasteiger partial charge on any atom is 0.241 e. The van der Waals surface area contributed by atoms with Crippen molar-refractivity contribution in [3.63, 3.8) is 0 Å². The molecule has 0 unspecified atom stereocenters. The van der Waals surface area contributed by atoms with Crippen LogP contribution in [0.4, 0.5) is 11.4 Å². The minimum atomic E-state index is -1.00. The summed E-state index contributed by atoms with van der Waals surface area (Å²) in [4.78, 5) is 29.6. The summed E-state index contributed by atoms with van der Waals surface area (Å²) < 4.78 is 17.3. The van der Waals surface area contributed by atoms with E-state index in [0.29, 0.717) is 18.9 Å². The Morgan fingerprint density at radius 1 is 1.08 bits per heavy atom. The van der Waals surface area contributed by atoms with Gasteiger partial charge in [0, 0.05) is 19.8 Å². The van der Waals surface area contributed by atoms with Crippen molar-refractivity contribution in [3.8, 4) is 0 Å². The molecule has 7 heteroatoms. The van der Waals surface area contributed by atoms with E-state index < -0.39 is 29.8 Å². The second kappa shape index (κ2) is 5.39. The highest BCUT2D eigenvalue weighted by atomic mass is 16.7. The van der Waals surface area contributed by atoms with Gasteiger partial charge in [0.15, 0.2) is 11.9 Å². The smallest absolute Gasteiger partial charge is 0.241 e. The van der Waals surface area contributed by atoms with Crippen LogP contribution in [0.25, 0.3) is 0 Å². The number of nitrogens with zero attached hydrogens (tertiary/aromatic N) is 2. The number of carbonyl (C=O) groups excluding carboxylic acids is 2. The molecule has 4 aliphatic rings. The Balaban J connectivity index is 1.51. The van der Waals surface area contributed by atoms with Crippen LogP contribution in [0.3, 0.4) is 0 Å². The summed E-state index contributed by atoms with van der Waals surface area (Å²) in [5.41, 5.74) is 0.585. The van der Waals surface area contributed by atoms with Crippen LogP contribution in [0.2, 0.25) is 0 Å². The van der Waals surface area contributed by atoms with Crippen LogP contribution in [0.1, 0.15) is 0 Å². The molecule has 4 aliphatic heterocycles. The summed E-state index contributed by atoms with van der Waals surface area (Å²) in [5.74, 6) is -1.59. The van der Waals surface area contributed by atoms with E-state index in [-0.39, 0.29) is 11.8 Å². The fourth-order valence-electron chi connectivity index (χ4n) is 4.48. The Kier molecular flexibility index (Phi) is 3.31. The zero-order valence-electron chi connectivity index (χ0n) is 14.6. The van der Waals surface area contributed by atoms with Crippen molar-refractivity contribution in [2.75, 3.05) is 37.1 Å². The third kappa shape index (κ3) is 1.93. The van der Waals surface area contributed by atoms with E-state index in [1.165, 1.54) is 4.90 Å². The predicted octanol–water partition coefficient (Wildman–Crippen LogP) is 0.938. The van der Waals surface area contributed by atoms with Crippen LogP contribution in [0, 0.1) is 11.8 Å². The summed E-state index contributed by atoms with van der Waals surface area (Å²) in [7, 11) is 3.88. The van der Waals surface area contributed by atoms with Crippen molar-refractivity contribution in [1.82, 2.24) is 0 Å². The number of hydrogen-bond acceptors (Lipinski definition) is 6. The lowest BCUT2D eigenvalue weighted by Crippen LogP contribution is -2.49. The largest absolute Gasteiger partial charge is 0.378 e. The van der Waals surface area contributed by atoms with Crippen LogP contribution in [0.5, 0.6) is 0 Å². The number of carbonyl (C=O) groups is 2. The molecule has 1 aromatic rings. The minimum absolute atomic E-state index is 0.216. The first-order valence-corrected chi connectivity index (χ1v) is 8.78. The molecule has 136 valence electrons. The van der Waals surface area contributed by atoms with E-state index in [2.05, 4.69) is 0 Å². The number of anilines is 2. The third-order valence-corrected chi connectivity index (χ3v) is 5.69. The molecule has 1 aromatic carbocycles. The van der Waals surface area contributed by atoms with E-state index in [0.717, 1.165) is 5.69 Å². The monoisotopic (exact) mass is 356 g/mol. The number of ether oxygens (including phenoxy) is 3. The molecule has 7 nitrogen and oxygen atoms in total. The topological polar surface area (TPSA) is 68.3 Å². The zero-order valence-corrected chi connectivity index (χ0v) is 14.6. The average molecular weight is 356 g/mol. The summed E-state index contributed by atoms with van der Waals surface area (Å²) in [6.07, 6.45) is 2.65. The first kappa shape index (κ1) is 16.0. The maximum atomic E-state index is 13.2. The quantitative estimate of drug-likeness (QED) is 0.593. The van der Waals surface area contributed by atoms with Crippen LogP contribution < -0.4 is 9.80 Å². The number of hydrogen-bond donors (Lipinski definition) is 0. The predicted molar refractivity (Wildman–Crippen MR) is 92.7 cm³/mol. The standard InChI is InChI=1S/C19H20N2O5/c1-20(2)11-3-5-12(6-4-11)21-16(22)14-13-7-8-19(26-13,15(14)17(21)23)18-24-9-10-25-18/h3-8,13-15,18H,9-10H2,1-2H3/t13-,14+,15+,19-/m1/s1. The highest BCUT2D eigenvalue weighted by molar-refractivity contribution is 6.23.